The van der Waals surface area contributed by atoms with Gasteiger partial charge < -0.3 is 4.74 Å². The van der Waals surface area contributed by atoms with Crippen molar-refractivity contribution in [1.29, 1.82) is 0 Å². The van der Waals surface area contributed by atoms with Gasteiger partial charge in [0.05, 0.1) is 0 Å². The zero-order valence-electron chi connectivity index (χ0n) is 16.3. The average Bonchev–Trinajstić information content (AvgIpc) is 2.46. The molecular formula is C22H35NO. The molecule has 0 fully saturated rings. The molecule has 0 N–H and O–H groups in total. The van der Waals surface area contributed by atoms with Crippen LogP contribution in [0.15, 0.2) is 49.6 Å². The molecule has 0 saturated carbocycles. The lowest BCUT2D eigenvalue weighted by Gasteiger charge is -2.33. The molecule has 0 aliphatic rings. The highest BCUT2D eigenvalue weighted by molar-refractivity contribution is 5.31. The highest BCUT2D eigenvalue weighted by Gasteiger charge is 2.27. The summed E-state index contributed by atoms with van der Waals surface area (Å²) in [4.78, 5) is 2.25. The Labute approximate surface area is 149 Å². The highest BCUT2D eigenvalue weighted by atomic mass is 16.5. The molecule has 1 rings (SSSR count). The van der Waals surface area contributed by atoms with Crippen molar-refractivity contribution in [3.8, 4) is 5.75 Å². The van der Waals surface area contributed by atoms with E-state index >= 15 is 0 Å². The summed E-state index contributed by atoms with van der Waals surface area (Å²) in [5, 5.41) is 0. The van der Waals surface area contributed by atoms with Crippen molar-refractivity contribution in [3.05, 3.63) is 55.1 Å². The monoisotopic (exact) mass is 329 g/mol. The van der Waals surface area contributed by atoms with Gasteiger partial charge in [-0.3, -0.25) is 4.90 Å². The molecule has 0 atom stereocenters. The number of nitrogens with zero attached hydrogens (tertiary/aromatic N) is 1. The van der Waals surface area contributed by atoms with Gasteiger partial charge in [0.2, 0.25) is 0 Å². The maximum absolute atomic E-state index is 5.89. The molecule has 134 valence electrons. The lowest BCUT2D eigenvalue weighted by Crippen LogP contribution is -2.28. The lowest BCUT2D eigenvalue weighted by molar-refractivity contribution is 0.236. The third kappa shape index (κ3) is 7.35. The molecule has 0 saturated heterocycles. The number of rotatable bonds is 10. The zero-order chi connectivity index (χ0) is 18.2. The zero-order valence-corrected chi connectivity index (χ0v) is 16.3. The fourth-order valence-electron chi connectivity index (χ4n) is 3.35. The summed E-state index contributed by atoms with van der Waals surface area (Å²) in [6.07, 6.45) is 4.98. The van der Waals surface area contributed by atoms with Crippen LogP contribution < -0.4 is 4.74 Å². The summed E-state index contributed by atoms with van der Waals surface area (Å²) < 4.78 is 5.89. The molecule has 0 radical (unpaired) electrons. The summed E-state index contributed by atoms with van der Waals surface area (Å²) >= 11 is 0. The maximum atomic E-state index is 5.89. The van der Waals surface area contributed by atoms with Crippen LogP contribution in [0.1, 0.15) is 46.6 Å². The van der Waals surface area contributed by atoms with E-state index in [1.807, 2.05) is 12.2 Å². The summed E-state index contributed by atoms with van der Waals surface area (Å²) in [6.45, 7) is 22.4. The number of benzene rings is 1. The van der Waals surface area contributed by atoms with Crippen molar-refractivity contribution in [2.45, 2.75) is 46.5 Å². The van der Waals surface area contributed by atoms with Gasteiger partial charge in [-0.15, -0.1) is 13.2 Å². The number of ether oxygens (including phenoxy) is 1. The molecule has 0 aliphatic heterocycles. The predicted molar refractivity (Wildman–Crippen MR) is 106 cm³/mol. The Morgan fingerprint density at radius 3 is 1.96 bits per heavy atom. The van der Waals surface area contributed by atoms with Gasteiger partial charge >= 0.3 is 0 Å². The molecule has 0 aromatic heterocycles. The molecule has 0 bridgehead atoms. The van der Waals surface area contributed by atoms with Crippen molar-refractivity contribution in [3.63, 3.8) is 0 Å². The molecule has 0 heterocycles. The highest BCUT2D eigenvalue weighted by Crippen LogP contribution is 2.36. The Bertz CT molecular complexity index is 498. The van der Waals surface area contributed by atoms with Crippen LogP contribution in [0.4, 0.5) is 0 Å². The second-order valence-electron chi connectivity index (χ2n) is 8.33. The minimum absolute atomic E-state index is 0.168. The third-order valence-corrected chi connectivity index (χ3v) is 4.06. The van der Waals surface area contributed by atoms with Gasteiger partial charge in [-0.1, -0.05) is 58.9 Å². The van der Waals surface area contributed by atoms with Crippen LogP contribution in [0.2, 0.25) is 0 Å². The molecule has 24 heavy (non-hydrogen) atoms. The van der Waals surface area contributed by atoms with Crippen molar-refractivity contribution < 1.29 is 4.74 Å². The Morgan fingerprint density at radius 1 is 0.958 bits per heavy atom. The molecular weight excluding hydrogens is 294 g/mol. The summed E-state index contributed by atoms with van der Waals surface area (Å²) in [7, 11) is 0. The van der Waals surface area contributed by atoms with E-state index in [0.717, 1.165) is 31.8 Å². The third-order valence-electron chi connectivity index (χ3n) is 4.06. The van der Waals surface area contributed by atoms with E-state index in [2.05, 4.69) is 76.9 Å². The van der Waals surface area contributed by atoms with Crippen molar-refractivity contribution in [2.24, 2.45) is 5.41 Å². The van der Waals surface area contributed by atoms with Crippen molar-refractivity contribution >= 4 is 0 Å². The molecule has 0 unspecified atom stereocenters. The smallest absolute Gasteiger partial charge is 0.119 e. The molecule has 0 amide bonds. The Balaban J connectivity index is 2.58. The van der Waals surface area contributed by atoms with Gasteiger partial charge in [0.1, 0.15) is 12.4 Å². The van der Waals surface area contributed by atoms with Crippen LogP contribution >= 0.6 is 0 Å². The standard InChI is InChI=1S/C22H35NO/c1-8-14-23(15-9-2)16-17-24-20-12-10-19(11-13-20)22(6,7)18-21(3,4)5/h8-13H,1-2,14-18H2,3-7H3. The minimum atomic E-state index is 0.168. The Morgan fingerprint density at radius 2 is 1.50 bits per heavy atom. The van der Waals surface area contributed by atoms with E-state index < -0.39 is 0 Å². The van der Waals surface area contributed by atoms with E-state index in [-0.39, 0.29) is 5.41 Å². The number of hydrogen-bond acceptors (Lipinski definition) is 2. The first-order valence-electron chi connectivity index (χ1n) is 8.85. The second kappa shape index (κ2) is 9.08. The van der Waals surface area contributed by atoms with Crippen LogP contribution in [0, 0.1) is 5.41 Å². The molecule has 1 aromatic rings. The first kappa shape index (κ1) is 20.5. The summed E-state index contributed by atoms with van der Waals surface area (Å²) in [6, 6.07) is 8.58. The van der Waals surface area contributed by atoms with Gasteiger partial charge in [0.25, 0.3) is 0 Å². The van der Waals surface area contributed by atoms with Crippen molar-refractivity contribution in [2.75, 3.05) is 26.2 Å². The van der Waals surface area contributed by atoms with Crippen LogP contribution in [0.25, 0.3) is 0 Å². The van der Waals surface area contributed by atoms with Crippen LogP contribution in [-0.2, 0) is 5.41 Å². The van der Waals surface area contributed by atoms with Crippen LogP contribution in [-0.4, -0.2) is 31.1 Å². The Kier molecular flexibility index (Phi) is 7.75. The maximum Gasteiger partial charge on any atom is 0.119 e. The molecule has 1 aromatic carbocycles. The lowest BCUT2D eigenvalue weighted by atomic mass is 9.72. The van der Waals surface area contributed by atoms with Crippen molar-refractivity contribution in [1.82, 2.24) is 4.90 Å². The molecule has 0 spiro atoms. The molecule has 2 nitrogen and oxygen atoms in total. The fraction of sp³-hybridized carbons (Fsp3) is 0.545. The van der Waals surface area contributed by atoms with E-state index in [9.17, 15) is 0 Å². The van der Waals surface area contributed by atoms with Gasteiger partial charge in [0, 0.05) is 19.6 Å². The first-order chi connectivity index (χ1) is 11.2. The average molecular weight is 330 g/mol. The van der Waals surface area contributed by atoms with Gasteiger partial charge in [0.15, 0.2) is 0 Å². The first-order valence-corrected chi connectivity index (χ1v) is 8.85. The van der Waals surface area contributed by atoms with E-state index in [4.69, 9.17) is 4.74 Å². The molecule has 0 aliphatic carbocycles. The summed E-state index contributed by atoms with van der Waals surface area (Å²) in [5.74, 6) is 0.933. The van der Waals surface area contributed by atoms with E-state index in [1.165, 1.54) is 5.56 Å². The topological polar surface area (TPSA) is 12.5 Å². The second-order valence-corrected chi connectivity index (χ2v) is 8.33. The Hall–Kier alpha value is -1.54. The molecule has 2 heteroatoms. The van der Waals surface area contributed by atoms with Gasteiger partial charge in [-0.25, -0.2) is 0 Å². The van der Waals surface area contributed by atoms with E-state index in [0.29, 0.717) is 12.0 Å². The summed E-state index contributed by atoms with van der Waals surface area (Å²) in [5.41, 5.74) is 1.85. The van der Waals surface area contributed by atoms with Crippen LogP contribution in [0.5, 0.6) is 5.75 Å². The van der Waals surface area contributed by atoms with E-state index in [1.54, 1.807) is 0 Å². The minimum Gasteiger partial charge on any atom is -0.492 e. The SMILES string of the molecule is C=CCN(CC=C)CCOc1ccc(C(C)(C)CC(C)(C)C)cc1. The fourth-order valence-corrected chi connectivity index (χ4v) is 3.35. The van der Waals surface area contributed by atoms with Crippen LogP contribution in [0.3, 0.4) is 0 Å². The van der Waals surface area contributed by atoms with Gasteiger partial charge in [-0.2, -0.15) is 0 Å². The largest absolute Gasteiger partial charge is 0.492 e. The van der Waals surface area contributed by atoms with Gasteiger partial charge in [-0.05, 0) is 34.9 Å². The number of hydrogen-bond donors (Lipinski definition) is 0. The quantitative estimate of drug-likeness (QED) is 0.529. The normalized spacial score (nSPS) is 12.2. The predicted octanol–water partition coefficient (Wildman–Crippen LogP) is 5.45.